The van der Waals surface area contributed by atoms with Gasteiger partial charge in [0.1, 0.15) is 23.6 Å². The molecule has 0 radical (unpaired) electrons. The largest absolute Gasteiger partial charge is 0.490 e. The maximum absolute atomic E-state index is 13.4. The average Bonchev–Trinajstić information content (AvgIpc) is 2.17. The highest BCUT2D eigenvalue weighted by Crippen LogP contribution is 2.20. The van der Waals surface area contributed by atoms with Gasteiger partial charge in [0.2, 0.25) is 0 Å². The number of halogens is 3. The lowest BCUT2D eigenvalue weighted by molar-refractivity contribution is -0.192. The molecule has 0 aromatic heterocycles. The van der Waals surface area contributed by atoms with E-state index in [2.05, 4.69) is 20.1 Å². The predicted octanol–water partition coefficient (Wildman–Crippen LogP) is 1.26. The van der Waals surface area contributed by atoms with Crippen LogP contribution in [0.5, 0.6) is 11.5 Å². The monoisotopic (exact) mass is 1270 g/mol. The number of anilines is 2. The zero-order chi connectivity index (χ0) is 64.9. The van der Waals surface area contributed by atoms with E-state index >= 15 is 0 Å². The molecule has 0 aliphatic heterocycles. The Bertz CT molecular complexity index is 3000. The second-order valence-electron chi connectivity index (χ2n) is 17.3. The summed E-state index contributed by atoms with van der Waals surface area (Å²) in [5.74, 6) is -11.1. The highest BCUT2D eigenvalue weighted by molar-refractivity contribution is 7.87. The van der Waals surface area contributed by atoms with Crippen molar-refractivity contribution in [1.29, 1.82) is 10.8 Å². The van der Waals surface area contributed by atoms with Gasteiger partial charge >= 0.3 is 48.0 Å². The first-order chi connectivity index (χ1) is 40.9. The number of carboxylic acid groups (broad SMARTS) is 5. The van der Waals surface area contributed by atoms with Gasteiger partial charge in [-0.2, -0.15) is 48.1 Å². The Kier molecular flexibility index (Phi) is 29.5. The number of hydrogen-bond donors (Lipinski definition) is 13. The minimum Gasteiger partial charge on any atom is -0.481 e. The SMILES string of the molecule is N=C(N)Nc1ccc(C(=O)Oc2ccc(CNS(=O)(=O)N(CCOCCOCCOCCOCCN(C(CC(=O)O)C(=O)O)S(=O)(=O)NCc3ccc(OC(=O)c4ccc(NC(=N)N)cc4)cc3)C(CC(=O)O)C(=O)O)cc2)cc1.O=C(O)C(F)(F)F. The third kappa shape index (κ3) is 27.3. The van der Waals surface area contributed by atoms with Gasteiger partial charge in [-0.05, 0) is 83.9 Å². The fourth-order valence-electron chi connectivity index (χ4n) is 6.80. The zero-order valence-electron chi connectivity index (χ0n) is 45.5. The Hall–Kier alpha value is -8.92. The highest BCUT2D eigenvalue weighted by Gasteiger charge is 2.39. The third-order valence-electron chi connectivity index (χ3n) is 10.9. The van der Waals surface area contributed by atoms with Crippen molar-refractivity contribution in [3.8, 4) is 11.5 Å². The number of nitrogens with one attached hydrogen (secondary N) is 6. The van der Waals surface area contributed by atoms with Gasteiger partial charge in [0.15, 0.2) is 11.9 Å². The molecule has 87 heavy (non-hydrogen) atoms. The molecule has 4 aromatic rings. The number of carbonyl (C=O) groups excluding carboxylic acids is 2. The Balaban J connectivity index is 0.00000265. The summed E-state index contributed by atoms with van der Waals surface area (Å²) >= 11 is 0. The van der Waals surface area contributed by atoms with Gasteiger partial charge in [-0.15, -0.1) is 0 Å². The topological polar surface area (TPSA) is 499 Å². The predicted molar refractivity (Wildman–Crippen MR) is 296 cm³/mol. The number of guanidine groups is 2. The molecule has 2 atom stereocenters. The number of alkyl halides is 3. The summed E-state index contributed by atoms with van der Waals surface area (Å²) in [6, 6.07) is 19.2. The minimum atomic E-state index is -5.08. The number of nitrogens with two attached hydrogens (primary N) is 2. The second kappa shape index (κ2) is 35.5. The van der Waals surface area contributed by atoms with Crippen molar-refractivity contribution in [2.24, 2.45) is 11.5 Å². The molecule has 4 rings (SSSR count). The van der Waals surface area contributed by atoms with Crippen molar-refractivity contribution in [2.45, 2.75) is 44.2 Å². The molecule has 15 N–H and O–H groups in total. The van der Waals surface area contributed by atoms with Gasteiger partial charge in [0.25, 0.3) is 20.4 Å². The van der Waals surface area contributed by atoms with Crippen LogP contribution in [-0.4, -0.2) is 189 Å². The van der Waals surface area contributed by atoms with Crippen LogP contribution < -0.4 is 41.0 Å². The van der Waals surface area contributed by atoms with Crippen LogP contribution in [0.3, 0.4) is 0 Å². The van der Waals surface area contributed by atoms with E-state index in [4.69, 9.17) is 60.6 Å². The number of aliphatic carboxylic acids is 5. The van der Waals surface area contributed by atoms with E-state index in [1.54, 1.807) is 0 Å². The molecular weight excluding hydrogens is 1210 g/mol. The van der Waals surface area contributed by atoms with Crippen LogP contribution in [0.2, 0.25) is 0 Å². The van der Waals surface area contributed by atoms with E-state index in [0.717, 1.165) is 0 Å². The molecule has 37 heteroatoms. The average molecular weight is 1280 g/mol. The first-order valence-electron chi connectivity index (χ1n) is 25.0. The molecule has 0 aliphatic rings. The van der Waals surface area contributed by atoms with E-state index in [-0.39, 0.29) is 100 Å². The quantitative estimate of drug-likeness (QED) is 0.00994. The molecule has 476 valence electrons. The normalized spacial score (nSPS) is 12.2. The summed E-state index contributed by atoms with van der Waals surface area (Å²) in [4.78, 5) is 81.3. The molecule has 0 saturated carbocycles. The van der Waals surface area contributed by atoms with Crippen molar-refractivity contribution in [1.82, 2.24) is 18.1 Å². The number of benzene rings is 4. The number of esters is 2. The Labute approximate surface area is 493 Å². The molecule has 0 fully saturated rings. The minimum absolute atomic E-state index is 0.0299. The van der Waals surface area contributed by atoms with Crippen molar-refractivity contribution in [3.05, 3.63) is 119 Å². The van der Waals surface area contributed by atoms with Gasteiger partial charge in [-0.3, -0.25) is 30.0 Å². The van der Waals surface area contributed by atoms with Crippen LogP contribution in [0.4, 0.5) is 24.5 Å². The number of hydrogen-bond acceptors (Lipinski definition) is 19. The van der Waals surface area contributed by atoms with Crippen molar-refractivity contribution in [3.63, 3.8) is 0 Å². The number of rotatable bonds is 37. The first kappa shape index (κ1) is 72.3. The second-order valence-corrected chi connectivity index (χ2v) is 20.7. The molecule has 0 saturated heterocycles. The molecular formula is C50H61F3N10O22S2. The molecule has 0 amide bonds. The number of ether oxygens (including phenoxy) is 6. The van der Waals surface area contributed by atoms with Crippen LogP contribution in [-0.2, 0) is 76.4 Å². The molecule has 32 nitrogen and oxygen atoms in total. The number of carboxylic acids is 5. The molecule has 4 aromatic carbocycles. The third-order valence-corrected chi connectivity index (χ3v) is 14.0. The van der Waals surface area contributed by atoms with Gasteiger partial charge < -0.3 is 76.1 Å². The Morgan fingerprint density at radius 1 is 0.494 bits per heavy atom. The summed E-state index contributed by atoms with van der Waals surface area (Å²) in [5.41, 5.74) is 12.7. The summed E-state index contributed by atoms with van der Waals surface area (Å²) < 4.78 is 123. The van der Waals surface area contributed by atoms with Gasteiger partial charge in [-0.25, -0.2) is 14.4 Å². The lowest BCUT2D eigenvalue weighted by atomic mass is 10.2. The van der Waals surface area contributed by atoms with Crippen LogP contribution >= 0.6 is 0 Å². The first-order valence-corrected chi connectivity index (χ1v) is 27.8. The summed E-state index contributed by atoms with van der Waals surface area (Å²) in [5, 5.41) is 65.1. The summed E-state index contributed by atoms with van der Waals surface area (Å²) in [6.45, 7) is -2.81. The van der Waals surface area contributed by atoms with Crippen LogP contribution in [0.15, 0.2) is 97.1 Å². The fraction of sp³-hybridized carbons (Fsp3) is 0.340. The summed E-state index contributed by atoms with van der Waals surface area (Å²) in [6.07, 6.45) is -7.22. The fourth-order valence-corrected chi connectivity index (χ4v) is 9.46. The van der Waals surface area contributed by atoms with Crippen LogP contribution in [0.25, 0.3) is 0 Å². The van der Waals surface area contributed by atoms with E-state index in [9.17, 15) is 79.2 Å². The molecule has 0 aliphatic carbocycles. The molecule has 0 bridgehead atoms. The summed E-state index contributed by atoms with van der Waals surface area (Å²) in [7, 11) is -9.31. The van der Waals surface area contributed by atoms with Crippen LogP contribution in [0.1, 0.15) is 44.7 Å². The van der Waals surface area contributed by atoms with Gasteiger partial charge in [0.05, 0.1) is 76.8 Å². The number of nitrogens with zero attached hydrogens (tertiary/aromatic N) is 2. The lowest BCUT2D eigenvalue weighted by Gasteiger charge is -2.27. The number of carbonyl (C=O) groups is 7. The smallest absolute Gasteiger partial charge is 0.481 e. The van der Waals surface area contributed by atoms with E-state index in [0.29, 0.717) is 31.1 Å². The lowest BCUT2D eigenvalue weighted by Crippen LogP contribution is -2.51. The zero-order valence-corrected chi connectivity index (χ0v) is 47.1. The molecule has 2 unspecified atom stereocenters. The van der Waals surface area contributed by atoms with E-state index < -0.39 is 106 Å². The van der Waals surface area contributed by atoms with Gasteiger partial charge in [0, 0.05) is 37.6 Å². The van der Waals surface area contributed by atoms with Crippen LogP contribution in [0, 0.1) is 10.8 Å². The van der Waals surface area contributed by atoms with Crippen molar-refractivity contribution in [2.75, 3.05) is 76.6 Å². The Morgan fingerprint density at radius 2 is 0.782 bits per heavy atom. The standard InChI is InChI=1S/C48H60N10O20S2.C2HF3O2/c49-47(50)55-35-9-5-33(6-10-35)45(67)77-37-13-1-31(2-14-37)29-53-79(69,70)57(39(43(63)64)27-41(59)60)17-19-73-21-23-75-25-26-76-24-22-74-20-18-58(40(44(65)66)28-42(61)62)80(71,72)54-30-32-3-15-38(16-4-32)78-46(68)34-7-11-36(12-8-34)56-48(51)52;3-2(4,5)1(6)7/h1-16,39-40,53-54H,17-30H2,(H,59,60)(H,61,62)(H,63,64)(H,65,66)(H4,49,50,55)(H4,51,52,56);(H,6,7). The van der Waals surface area contributed by atoms with E-state index in [1.807, 2.05) is 0 Å². The molecule has 0 heterocycles. The maximum atomic E-state index is 13.4. The molecule has 0 spiro atoms. The van der Waals surface area contributed by atoms with Crippen molar-refractivity contribution < 1.29 is 118 Å². The highest BCUT2D eigenvalue weighted by atomic mass is 32.2. The van der Waals surface area contributed by atoms with E-state index in [1.165, 1.54) is 97.1 Å². The van der Waals surface area contributed by atoms with Gasteiger partial charge in [-0.1, -0.05) is 24.3 Å². The Morgan fingerprint density at radius 3 is 1.03 bits per heavy atom. The van der Waals surface area contributed by atoms with Crippen molar-refractivity contribution >= 4 is 85.5 Å². The maximum Gasteiger partial charge on any atom is 0.490 e.